The molecule has 0 aromatic heterocycles. The maximum absolute atomic E-state index is 11.0. The lowest BCUT2D eigenvalue weighted by atomic mass is 10.0. The SMILES string of the molecule is CCCCC[C@@H]1CC(=O)CC(=O)O1. The highest BCUT2D eigenvalue weighted by molar-refractivity contribution is 5.97. The molecule has 1 saturated heterocycles. The van der Waals surface area contributed by atoms with Gasteiger partial charge in [0, 0.05) is 6.42 Å². The molecule has 3 nitrogen and oxygen atoms in total. The van der Waals surface area contributed by atoms with Crippen LogP contribution in [-0.2, 0) is 14.3 Å². The summed E-state index contributed by atoms with van der Waals surface area (Å²) in [5, 5.41) is 0. The second-order valence-electron chi connectivity index (χ2n) is 3.53. The van der Waals surface area contributed by atoms with E-state index in [1.807, 2.05) is 0 Å². The fraction of sp³-hybridized carbons (Fsp3) is 0.800. The Hall–Kier alpha value is -0.860. The molecule has 1 rings (SSSR count). The zero-order valence-corrected chi connectivity index (χ0v) is 8.04. The molecule has 1 aliphatic heterocycles. The van der Waals surface area contributed by atoms with Crippen LogP contribution in [0.2, 0.25) is 0 Å². The summed E-state index contributed by atoms with van der Waals surface area (Å²) in [5.74, 6) is -0.324. The van der Waals surface area contributed by atoms with E-state index < -0.39 is 0 Å². The Bertz CT molecular complexity index is 182. The summed E-state index contributed by atoms with van der Waals surface area (Å²) in [7, 11) is 0. The summed E-state index contributed by atoms with van der Waals surface area (Å²) in [5.41, 5.74) is 0. The van der Waals surface area contributed by atoms with Gasteiger partial charge in [0.15, 0.2) is 0 Å². The summed E-state index contributed by atoms with van der Waals surface area (Å²) in [6.07, 6.45) is 4.43. The van der Waals surface area contributed by atoms with Gasteiger partial charge in [0.1, 0.15) is 18.3 Å². The zero-order valence-electron chi connectivity index (χ0n) is 8.04. The van der Waals surface area contributed by atoms with Gasteiger partial charge >= 0.3 is 5.97 Å². The number of cyclic esters (lactones) is 1. The van der Waals surface area contributed by atoms with Crippen molar-refractivity contribution in [2.24, 2.45) is 0 Å². The van der Waals surface area contributed by atoms with Crippen molar-refractivity contribution in [3.63, 3.8) is 0 Å². The Morgan fingerprint density at radius 2 is 2.15 bits per heavy atom. The number of hydrogen-bond donors (Lipinski definition) is 0. The molecule has 13 heavy (non-hydrogen) atoms. The van der Waals surface area contributed by atoms with E-state index in [1.165, 1.54) is 0 Å². The van der Waals surface area contributed by atoms with Gasteiger partial charge in [-0.15, -0.1) is 0 Å². The highest BCUT2D eigenvalue weighted by Gasteiger charge is 2.25. The van der Waals surface area contributed by atoms with Crippen molar-refractivity contribution < 1.29 is 14.3 Å². The first-order valence-corrected chi connectivity index (χ1v) is 4.93. The number of carbonyl (C=O) groups excluding carboxylic acids is 2. The molecule has 0 unspecified atom stereocenters. The fourth-order valence-corrected chi connectivity index (χ4v) is 1.54. The molecule has 0 N–H and O–H groups in total. The lowest BCUT2D eigenvalue weighted by Gasteiger charge is -2.21. The third-order valence-electron chi connectivity index (χ3n) is 2.22. The number of ketones is 1. The van der Waals surface area contributed by atoms with Crippen molar-refractivity contribution in [2.45, 2.75) is 51.6 Å². The third-order valence-corrected chi connectivity index (χ3v) is 2.22. The monoisotopic (exact) mass is 184 g/mol. The molecule has 74 valence electrons. The van der Waals surface area contributed by atoms with E-state index in [9.17, 15) is 9.59 Å². The van der Waals surface area contributed by atoms with Crippen molar-refractivity contribution in [1.82, 2.24) is 0 Å². The van der Waals surface area contributed by atoms with Crippen LogP contribution in [0, 0.1) is 0 Å². The topological polar surface area (TPSA) is 43.4 Å². The summed E-state index contributed by atoms with van der Waals surface area (Å²) < 4.78 is 5.04. The van der Waals surface area contributed by atoms with Gasteiger partial charge in [-0.05, 0) is 12.8 Å². The van der Waals surface area contributed by atoms with Gasteiger partial charge in [-0.2, -0.15) is 0 Å². The molecule has 1 aliphatic rings. The molecule has 0 amide bonds. The second kappa shape index (κ2) is 5.00. The molecule has 0 saturated carbocycles. The van der Waals surface area contributed by atoms with Gasteiger partial charge in [-0.25, -0.2) is 0 Å². The van der Waals surface area contributed by atoms with Crippen LogP contribution in [0.4, 0.5) is 0 Å². The van der Waals surface area contributed by atoms with E-state index in [0.29, 0.717) is 6.42 Å². The number of unbranched alkanes of at least 4 members (excludes halogenated alkanes) is 2. The maximum atomic E-state index is 11.0. The van der Waals surface area contributed by atoms with E-state index >= 15 is 0 Å². The summed E-state index contributed by atoms with van der Waals surface area (Å²) in [4.78, 5) is 21.9. The average Bonchev–Trinajstić information content (AvgIpc) is 2.03. The molecule has 1 heterocycles. The number of carbonyl (C=O) groups is 2. The molecule has 1 fully saturated rings. The summed E-state index contributed by atoms with van der Waals surface area (Å²) in [6.45, 7) is 2.12. The van der Waals surface area contributed by atoms with Crippen molar-refractivity contribution in [3.05, 3.63) is 0 Å². The fourth-order valence-electron chi connectivity index (χ4n) is 1.54. The number of hydrogen-bond acceptors (Lipinski definition) is 3. The largest absolute Gasteiger partial charge is 0.462 e. The van der Waals surface area contributed by atoms with E-state index in [1.54, 1.807) is 0 Å². The minimum Gasteiger partial charge on any atom is -0.462 e. The van der Waals surface area contributed by atoms with Crippen LogP contribution in [0.5, 0.6) is 0 Å². The first-order chi connectivity index (χ1) is 6.22. The minimum absolute atomic E-state index is 0.0235. The van der Waals surface area contributed by atoms with Crippen LogP contribution in [0.25, 0.3) is 0 Å². The normalized spacial score (nSPS) is 23.0. The predicted octanol–water partition coefficient (Wildman–Crippen LogP) is 1.84. The van der Waals surface area contributed by atoms with Gasteiger partial charge < -0.3 is 4.74 Å². The van der Waals surface area contributed by atoms with E-state index in [2.05, 4.69) is 6.92 Å². The van der Waals surface area contributed by atoms with E-state index in [0.717, 1.165) is 25.7 Å². The lowest BCUT2D eigenvalue weighted by Crippen LogP contribution is -2.29. The molecule has 0 aliphatic carbocycles. The number of rotatable bonds is 4. The molecule has 0 aromatic rings. The predicted molar refractivity (Wildman–Crippen MR) is 48.3 cm³/mol. The quantitative estimate of drug-likeness (QED) is 0.380. The van der Waals surface area contributed by atoms with Crippen molar-refractivity contribution in [1.29, 1.82) is 0 Å². The first-order valence-electron chi connectivity index (χ1n) is 4.93. The van der Waals surface area contributed by atoms with E-state index in [-0.39, 0.29) is 24.3 Å². The molecule has 0 aromatic carbocycles. The van der Waals surface area contributed by atoms with Crippen LogP contribution >= 0.6 is 0 Å². The Balaban J connectivity index is 2.25. The Morgan fingerprint density at radius 1 is 1.38 bits per heavy atom. The maximum Gasteiger partial charge on any atom is 0.313 e. The number of ether oxygens (including phenoxy) is 1. The van der Waals surface area contributed by atoms with E-state index in [4.69, 9.17) is 4.74 Å². The molecular weight excluding hydrogens is 168 g/mol. The van der Waals surface area contributed by atoms with Crippen molar-refractivity contribution in [3.8, 4) is 0 Å². The lowest BCUT2D eigenvalue weighted by molar-refractivity contribution is -0.158. The van der Waals surface area contributed by atoms with Crippen molar-refractivity contribution >= 4 is 11.8 Å². The minimum atomic E-state index is -0.349. The summed E-state index contributed by atoms with van der Waals surface area (Å²) >= 11 is 0. The second-order valence-corrected chi connectivity index (χ2v) is 3.53. The number of esters is 1. The van der Waals surface area contributed by atoms with Crippen LogP contribution < -0.4 is 0 Å². The first kappa shape index (κ1) is 10.2. The third kappa shape index (κ3) is 3.57. The summed E-state index contributed by atoms with van der Waals surface area (Å²) in [6, 6.07) is 0. The Labute approximate surface area is 78.5 Å². The Morgan fingerprint density at radius 3 is 2.77 bits per heavy atom. The van der Waals surface area contributed by atoms with Crippen LogP contribution in [-0.4, -0.2) is 17.9 Å². The van der Waals surface area contributed by atoms with Gasteiger partial charge in [-0.3, -0.25) is 9.59 Å². The highest BCUT2D eigenvalue weighted by atomic mass is 16.5. The van der Waals surface area contributed by atoms with Crippen LogP contribution in [0.1, 0.15) is 45.4 Å². The van der Waals surface area contributed by atoms with Crippen LogP contribution in [0.3, 0.4) is 0 Å². The average molecular weight is 184 g/mol. The van der Waals surface area contributed by atoms with Crippen LogP contribution in [0.15, 0.2) is 0 Å². The smallest absolute Gasteiger partial charge is 0.313 e. The van der Waals surface area contributed by atoms with Gasteiger partial charge in [0.25, 0.3) is 0 Å². The zero-order chi connectivity index (χ0) is 9.68. The Kier molecular flexibility index (Phi) is 3.93. The van der Waals surface area contributed by atoms with Gasteiger partial charge in [0.2, 0.25) is 0 Å². The van der Waals surface area contributed by atoms with Gasteiger partial charge in [-0.1, -0.05) is 19.8 Å². The molecular formula is C10H16O3. The molecule has 0 bridgehead atoms. The molecule has 0 radical (unpaired) electrons. The molecule has 0 spiro atoms. The molecule has 1 atom stereocenters. The van der Waals surface area contributed by atoms with Gasteiger partial charge in [0.05, 0.1) is 0 Å². The standard InChI is InChI=1S/C10H16O3/c1-2-3-4-5-9-6-8(11)7-10(12)13-9/h9H,2-7H2,1H3/t9-/m1/s1. The van der Waals surface area contributed by atoms with Crippen molar-refractivity contribution in [2.75, 3.05) is 0 Å². The molecule has 3 heteroatoms. The highest BCUT2D eigenvalue weighted by Crippen LogP contribution is 2.16. The number of Topliss-reactive ketones (excluding diaryl/α,β-unsaturated/α-hetero) is 1.